The van der Waals surface area contributed by atoms with E-state index in [0.717, 1.165) is 41.7 Å². The van der Waals surface area contributed by atoms with E-state index in [1.807, 2.05) is 36.4 Å². The number of nitrogens with zero attached hydrogens (tertiary/aromatic N) is 1. The first-order chi connectivity index (χ1) is 18.3. The summed E-state index contributed by atoms with van der Waals surface area (Å²) in [5.74, 6) is -0.218. The van der Waals surface area contributed by atoms with Gasteiger partial charge in [-0.25, -0.2) is 0 Å². The van der Waals surface area contributed by atoms with E-state index in [4.69, 9.17) is 4.99 Å². The second-order valence-electron chi connectivity index (χ2n) is 10.8. The zero-order chi connectivity index (χ0) is 26.4. The minimum Gasteiger partial charge on any atom is -0.406 e. The molecule has 0 heterocycles. The smallest absolute Gasteiger partial charge is 0.406 e. The Labute approximate surface area is 220 Å². The first-order valence-corrected chi connectivity index (χ1v) is 12.9. The Hall–Kier alpha value is -3.86. The third-order valence-electron chi connectivity index (χ3n) is 8.10. The van der Waals surface area contributed by atoms with Gasteiger partial charge in [-0.1, -0.05) is 103 Å². The van der Waals surface area contributed by atoms with Crippen molar-refractivity contribution in [1.29, 1.82) is 0 Å². The highest BCUT2D eigenvalue weighted by molar-refractivity contribution is 6.13. The molecule has 0 aliphatic heterocycles. The molecular weight excluding hydrogens is 483 g/mol. The summed E-state index contributed by atoms with van der Waals surface area (Å²) in [6.07, 6.45) is -1.69. The molecule has 3 aliphatic rings. The van der Waals surface area contributed by atoms with Gasteiger partial charge in [0.15, 0.2) is 0 Å². The first kappa shape index (κ1) is 24.5. The SMILES string of the molecule is Cc1ccc(C23CC(C(N=C(c4ccccc4)c4ccccc4)c4ccc(OC(F)(F)F)cc4)(C2)C3)cc1. The van der Waals surface area contributed by atoms with Gasteiger partial charge in [0.2, 0.25) is 0 Å². The van der Waals surface area contributed by atoms with Gasteiger partial charge in [0.05, 0.1) is 11.8 Å². The van der Waals surface area contributed by atoms with Crippen LogP contribution in [0.1, 0.15) is 53.1 Å². The van der Waals surface area contributed by atoms with Gasteiger partial charge in [-0.2, -0.15) is 0 Å². The van der Waals surface area contributed by atoms with Crippen LogP contribution in [-0.4, -0.2) is 12.1 Å². The summed E-state index contributed by atoms with van der Waals surface area (Å²) in [5, 5.41) is 0. The summed E-state index contributed by atoms with van der Waals surface area (Å²) in [6, 6.07) is 35.1. The molecule has 5 heteroatoms. The fraction of sp³-hybridized carbons (Fsp3) is 0.242. The second-order valence-corrected chi connectivity index (χ2v) is 10.8. The number of aryl methyl sites for hydroxylation is 1. The van der Waals surface area contributed by atoms with E-state index < -0.39 is 6.36 Å². The Morgan fingerprint density at radius 3 is 1.76 bits per heavy atom. The summed E-state index contributed by atoms with van der Waals surface area (Å²) < 4.78 is 42.5. The number of rotatable bonds is 7. The highest BCUT2D eigenvalue weighted by Crippen LogP contribution is 2.78. The van der Waals surface area contributed by atoms with Crippen molar-refractivity contribution in [3.63, 3.8) is 0 Å². The number of halogens is 3. The summed E-state index contributed by atoms with van der Waals surface area (Å²) >= 11 is 0. The molecule has 3 saturated carbocycles. The molecule has 1 unspecified atom stereocenters. The van der Waals surface area contributed by atoms with Crippen LogP contribution in [-0.2, 0) is 5.41 Å². The van der Waals surface area contributed by atoms with Crippen LogP contribution in [0.5, 0.6) is 5.75 Å². The molecule has 192 valence electrons. The van der Waals surface area contributed by atoms with Crippen LogP contribution in [0.15, 0.2) is 114 Å². The molecule has 1 atom stereocenters. The fourth-order valence-electron chi connectivity index (χ4n) is 6.42. The zero-order valence-electron chi connectivity index (χ0n) is 21.1. The molecule has 7 rings (SSSR count). The number of hydrogen-bond acceptors (Lipinski definition) is 2. The van der Waals surface area contributed by atoms with Gasteiger partial charge in [0.25, 0.3) is 0 Å². The van der Waals surface area contributed by atoms with E-state index in [1.165, 1.54) is 23.3 Å². The first-order valence-electron chi connectivity index (χ1n) is 12.9. The lowest BCUT2D eigenvalue weighted by atomic mass is 9.31. The van der Waals surface area contributed by atoms with E-state index in [0.29, 0.717) is 0 Å². The van der Waals surface area contributed by atoms with Crippen molar-refractivity contribution in [2.45, 2.75) is 44.0 Å². The van der Waals surface area contributed by atoms with Crippen LogP contribution in [0.4, 0.5) is 13.2 Å². The monoisotopic (exact) mass is 511 g/mol. The van der Waals surface area contributed by atoms with E-state index in [2.05, 4.69) is 60.2 Å². The topological polar surface area (TPSA) is 21.6 Å². The maximum absolute atomic E-state index is 12.8. The molecule has 38 heavy (non-hydrogen) atoms. The van der Waals surface area contributed by atoms with Crippen molar-refractivity contribution in [3.05, 3.63) is 137 Å². The standard InChI is InChI=1S/C33H28F3NO/c1-23-12-16-27(17-13-23)31-20-32(21-31,22-31)30(26-14-18-28(19-15-26)38-33(34,35)36)37-29(24-8-4-2-5-9-24)25-10-6-3-7-11-25/h2-19,30H,20-22H2,1H3. The molecule has 0 saturated heterocycles. The number of alkyl halides is 3. The lowest BCUT2D eigenvalue weighted by molar-refractivity contribution is -0.274. The average molecular weight is 512 g/mol. The quantitative estimate of drug-likeness (QED) is 0.228. The van der Waals surface area contributed by atoms with Gasteiger partial charge in [-0.3, -0.25) is 4.99 Å². The summed E-state index contributed by atoms with van der Waals surface area (Å²) in [6.45, 7) is 2.10. The Balaban J connectivity index is 1.40. The van der Waals surface area contributed by atoms with Crippen molar-refractivity contribution in [2.75, 3.05) is 0 Å². The maximum atomic E-state index is 12.8. The predicted octanol–water partition coefficient (Wildman–Crippen LogP) is 8.59. The van der Waals surface area contributed by atoms with Crippen LogP contribution < -0.4 is 4.74 Å². The number of ether oxygens (including phenoxy) is 1. The van der Waals surface area contributed by atoms with Crippen LogP contribution in [0.2, 0.25) is 0 Å². The molecule has 0 spiro atoms. The molecule has 0 amide bonds. The van der Waals surface area contributed by atoms with Crippen LogP contribution in [0.25, 0.3) is 0 Å². The third-order valence-corrected chi connectivity index (χ3v) is 8.10. The Bertz CT molecular complexity index is 1380. The molecule has 2 bridgehead atoms. The normalized spacial score (nSPS) is 22.5. The summed E-state index contributed by atoms with van der Waals surface area (Å²) in [5.41, 5.74) is 6.57. The summed E-state index contributed by atoms with van der Waals surface area (Å²) in [7, 11) is 0. The van der Waals surface area contributed by atoms with Crippen LogP contribution in [0.3, 0.4) is 0 Å². The molecule has 2 nitrogen and oxygen atoms in total. The Kier molecular flexibility index (Phi) is 5.90. The van der Waals surface area contributed by atoms with Crippen molar-refractivity contribution < 1.29 is 17.9 Å². The molecule has 0 aromatic heterocycles. The molecular formula is C33H28F3NO. The number of aliphatic imine (C=N–C) groups is 1. The minimum atomic E-state index is -4.72. The molecule has 0 radical (unpaired) electrons. The van der Waals surface area contributed by atoms with Crippen LogP contribution >= 0.6 is 0 Å². The molecule has 4 aromatic carbocycles. The van der Waals surface area contributed by atoms with E-state index in [9.17, 15) is 13.2 Å². The van der Waals surface area contributed by atoms with E-state index in [1.54, 1.807) is 12.1 Å². The zero-order valence-corrected chi connectivity index (χ0v) is 21.1. The van der Waals surface area contributed by atoms with Gasteiger partial charge in [0, 0.05) is 11.1 Å². The lowest BCUT2D eigenvalue weighted by Gasteiger charge is -2.73. The van der Waals surface area contributed by atoms with Crippen molar-refractivity contribution in [3.8, 4) is 5.75 Å². The second kappa shape index (κ2) is 9.16. The average Bonchev–Trinajstić information content (AvgIpc) is 2.86. The molecule has 3 fully saturated rings. The third kappa shape index (κ3) is 4.51. The van der Waals surface area contributed by atoms with Gasteiger partial charge in [-0.15, -0.1) is 13.2 Å². The highest BCUT2D eigenvalue weighted by atomic mass is 19.4. The summed E-state index contributed by atoms with van der Waals surface area (Å²) in [4.78, 5) is 5.42. The molecule has 0 N–H and O–H groups in total. The van der Waals surface area contributed by atoms with Gasteiger partial charge >= 0.3 is 6.36 Å². The van der Waals surface area contributed by atoms with E-state index >= 15 is 0 Å². The van der Waals surface area contributed by atoms with Gasteiger partial charge in [0.1, 0.15) is 5.75 Å². The largest absolute Gasteiger partial charge is 0.573 e. The van der Waals surface area contributed by atoms with Crippen LogP contribution in [0, 0.1) is 12.3 Å². The lowest BCUT2D eigenvalue weighted by Crippen LogP contribution is -2.66. The molecule has 4 aromatic rings. The minimum absolute atomic E-state index is 0.0356. The highest BCUT2D eigenvalue weighted by Gasteiger charge is 2.71. The van der Waals surface area contributed by atoms with Crippen molar-refractivity contribution in [1.82, 2.24) is 0 Å². The van der Waals surface area contributed by atoms with Gasteiger partial charge in [-0.05, 0) is 60.3 Å². The number of benzene rings is 4. The Morgan fingerprint density at radius 2 is 1.26 bits per heavy atom. The Morgan fingerprint density at radius 1 is 0.737 bits per heavy atom. The predicted molar refractivity (Wildman–Crippen MR) is 144 cm³/mol. The maximum Gasteiger partial charge on any atom is 0.573 e. The molecule has 3 aliphatic carbocycles. The number of hydrogen-bond donors (Lipinski definition) is 0. The fourth-order valence-corrected chi connectivity index (χ4v) is 6.42. The van der Waals surface area contributed by atoms with Crippen molar-refractivity contribution >= 4 is 5.71 Å². The van der Waals surface area contributed by atoms with Gasteiger partial charge < -0.3 is 4.74 Å². The van der Waals surface area contributed by atoms with Crippen molar-refractivity contribution in [2.24, 2.45) is 10.4 Å². The van der Waals surface area contributed by atoms with E-state index in [-0.39, 0.29) is 22.6 Å².